The first-order valence-corrected chi connectivity index (χ1v) is 8.79. The first-order chi connectivity index (χ1) is 12.9. The third-order valence-corrected chi connectivity index (χ3v) is 4.56. The van der Waals surface area contributed by atoms with Crippen LogP contribution in [0.4, 0.5) is 0 Å². The smallest absolute Gasteiger partial charge is 0.261 e. The molecule has 2 heterocycles. The summed E-state index contributed by atoms with van der Waals surface area (Å²) in [6.07, 6.45) is 2.23. The molecule has 3 rings (SSSR count). The molecule has 0 radical (unpaired) electrons. The molecule has 136 valence electrons. The lowest BCUT2D eigenvalue weighted by Crippen LogP contribution is -2.31. The highest BCUT2D eigenvalue weighted by Crippen LogP contribution is 2.27. The lowest BCUT2D eigenvalue weighted by molar-refractivity contribution is 0.0647. The highest BCUT2D eigenvalue weighted by molar-refractivity contribution is 6.22. The van der Waals surface area contributed by atoms with E-state index in [1.54, 1.807) is 18.2 Å². The molecule has 1 aromatic heterocycles. The average molecular weight is 361 g/mol. The van der Waals surface area contributed by atoms with Gasteiger partial charge in [-0.1, -0.05) is 26.0 Å². The Hall–Kier alpha value is -3.33. The van der Waals surface area contributed by atoms with Crippen molar-refractivity contribution in [1.29, 1.82) is 5.26 Å². The Bertz CT molecular complexity index is 945. The number of fused-ring (bicyclic) bond motifs is 1. The van der Waals surface area contributed by atoms with Gasteiger partial charge in [0.1, 0.15) is 0 Å². The van der Waals surface area contributed by atoms with Gasteiger partial charge in [0.25, 0.3) is 11.8 Å². The number of Topliss-reactive ketones (excluding diaryl/α,β-unsaturated/α-hetero) is 1. The molecule has 0 saturated carbocycles. The number of amides is 2. The van der Waals surface area contributed by atoms with Crippen molar-refractivity contribution in [3.63, 3.8) is 0 Å². The minimum Gasteiger partial charge on any atom is -0.292 e. The largest absolute Gasteiger partial charge is 0.292 e. The quantitative estimate of drug-likeness (QED) is 0.582. The van der Waals surface area contributed by atoms with Gasteiger partial charge in [0.2, 0.25) is 0 Å². The summed E-state index contributed by atoms with van der Waals surface area (Å²) >= 11 is 0. The van der Waals surface area contributed by atoms with Gasteiger partial charge in [0.05, 0.1) is 22.9 Å². The molecule has 1 aliphatic heterocycles. The zero-order valence-corrected chi connectivity index (χ0v) is 15.2. The van der Waals surface area contributed by atoms with E-state index >= 15 is 0 Å². The maximum absolute atomic E-state index is 12.8. The Balaban J connectivity index is 1.90. The second-order valence-electron chi connectivity index (χ2n) is 6.89. The van der Waals surface area contributed by atoms with Gasteiger partial charge in [0.15, 0.2) is 11.7 Å². The van der Waals surface area contributed by atoms with Crippen LogP contribution in [0.5, 0.6) is 0 Å². The number of nitrogens with zero attached hydrogens (tertiary/aromatic N) is 3. The third-order valence-electron chi connectivity index (χ3n) is 4.56. The number of imide groups is 1. The molecule has 2 aromatic rings. The molecule has 1 atom stereocenters. The van der Waals surface area contributed by atoms with Gasteiger partial charge in [-0.3, -0.25) is 24.3 Å². The van der Waals surface area contributed by atoms with Crippen LogP contribution in [0.25, 0.3) is 0 Å². The molecule has 1 aromatic carbocycles. The van der Waals surface area contributed by atoms with Gasteiger partial charge in [-0.05, 0) is 36.6 Å². The molecule has 0 fully saturated rings. The minimum absolute atomic E-state index is 0.215. The van der Waals surface area contributed by atoms with Crippen LogP contribution in [-0.4, -0.2) is 34.0 Å². The first kappa shape index (κ1) is 18.5. The molecule has 1 aliphatic rings. The number of rotatable bonds is 6. The number of hydrogen-bond donors (Lipinski definition) is 0. The zero-order valence-electron chi connectivity index (χ0n) is 15.2. The van der Waals surface area contributed by atoms with Crippen LogP contribution in [0.15, 0.2) is 42.6 Å². The summed E-state index contributed by atoms with van der Waals surface area (Å²) in [5, 5.41) is 9.42. The number of hydrogen-bond acceptors (Lipinski definition) is 5. The normalized spacial score (nSPS) is 14.2. The van der Waals surface area contributed by atoms with E-state index in [4.69, 9.17) is 0 Å². The lowest BCUT2D eigenvalue weighted by atomic mass is 9.93. The molecule has 0 unspecified atom stereocenters. The second kappa shape index (κ2) is 7.50. The number of carbonyl (C=O) groups is 3. The number of benzene rings is 1. The number of nitriles is 1. The van der Waals surface area contributed by atoms with Crippen molar-refractivity contribution in [2.24, 2.45) is 5.92 Å². The highest BCUT2D eigenvalue weighted by atomic mass is 16.2. The number of ketones is 1. The molecule has 0 spiro atoms. The Kier molecular flexibility index (Phi) is 5.13. The van der Waals surface area contributed by atoms with Crippen LogP contribution >= 0.6 is 0 Å². The van der Waals surface area contributed by atoms with Gasteiger partial charge < -0.3 is 0 Å². The van der Waals surface area contributed by atoms with Crippen LogP contribution in [0.3, 0.4) is 0 Å². The molecule has 6 heteroatoms. The van der Waals surface area contributed by atoms with Crippen LogP contribution < -0.4 is 0 Å². The monoisotopic (exact) mass is 361 g/mol. The molecular formula is C21H19N3O3. The molecule has 2 amide bonds. The minimum atomic E-state index is -1.06. The van der Waals surface area contributed by atoms with Gasteiger partial charge in [-0.25, -0.2) is 0 Å². The topological polar surface area (TPSA) is 91.1 Å². The van der Waals surface area contributed by atoms with Crippen molar-refractivity contribution in [3.05, 3.63) is 65.0 Å². The van der Waals surface area contributed by atoms with E-state index in [0.717, 1.165) is 0 Å². The van der Waals surface area contributed by atoms with Crippen LogP contribution in [0, 0.1) is 17.2 Å². The standard InChI is InChI=1S/C21H19N3O3/c1-13(2)8-10-24-20(26)15-7-6-14(11-16(15)21(24)27)19(25)17(12-22)18-5-3-4-9-23-18/h3-7,9,11,13,17H,8,10H2,1-2H3/t17-/m0/s1. The maximum Gasteiger partial charge on any atom is 0.261 e. The molecule has 6 nitrogen and oxygen atoms in total. The summed E-state index contributed by atoms with van der Waals surface area (Å²) < 4.78 is 0. The molecule has 0 saturated heterocycles. The van der Waals surface area contributed by atoms with Crippen molar-refractivity contribution in [2.75, 3.05) is 6.54 Å². The van der Waals surface area contributed by atoms with E-state index in [-0.39, 0.29) is 17.0 Å². The van der Waals surface area contributed by atoms with Crippen molar-refractivity contribution in [2.45, 2.75) is 26.2 Å². The van der Waals surface area contributed by atoms with E-state index in [9.17, 15) is 19.6 Å². The molecule has 0 aliphatic carbocycles. The van der Waals surface area contributed by atoms with E-state index in [0.29, 0.717) is 30.1 Å². The maximum atomic E-state index is 12.8. The molecule has 0 bridgehead atoms. The summed E-state index contributed by atoms with van der Waals surface area (Å²) in [5.74, 6) is -1.87. The van der Waals surface area contributed by atoms with Gasteiger partial charge in [0, 0.05) is 18.3 Å². The summed E-state index contributed by atoms with van der Waals surface area (Å²) in [5.41, 5.74) is 1.09. The van der Waals surface area contributed by atoms with Crippen molar-refractivity contribution < 1.29 is 14.4 Å². The van der Waals surface area contributed by atoms with Gasteiger partial charge in [-0.15, -0.1) is 0 Å². The fourth-order valence-electron chi connectivity index (χ4n) is 3.01. The zero-order chi connectivity index (χ0) is 19.6. The lowest BCUT2D eigenvalue weighted by Gasteiger charge is -2.14. The number of pyridine rings is 1. The summed E-state index contributed by atoms with van der Waals surface area (Å²) in [7, 11) is 0. The Morgan fingerprint density at radius 1 is 1.15 bits per heavy atom. The summed E-state index contributed by atoms with van der Waals surface area (Å²) in [4.78, 5) is 43.2. The predicted molar refractivity (Wildman–Crippen MR) is 98.2 cm³/mol. The average Bonchev–Trinajstić information content (AvgIpc) is 2.91. The Morgan fingerprint density at radius 2 is 1.89 bits per heavy atom. The van der Waals surface area contributed by atoms with Gasteiger partial charge >= 0.3 is 0 Å². The van der Waals surface area contributed by atoms with Crippen molar-refractivity contribution in [3.8, 4) is 6.07 Å². The molecular weight excluding hydrogens is 342 g/mol. The third kappa shape index (κ3) is 3.49. The first-order valence-electron chi connectivity index (χ1n) is 8.79. The fraction of sp³-hybridized carbons (Fsp3) is 0.286. The highest BCUT2D eigenvalue weighted by Gasteiger charge is 2.36. The number of aromatic nitrogens is 1. The van der Waals surface area contributed by atoms with E-state index in [2.05, 4.69) is 4.98 Å². The fourth-order valence-corrected chi connectivity index (χ4v) is 3.01. The van der Waals surface area contributed by atoms with Crippen LogP contribution in [0.2, 0.25) is 0 Å². The predicted octanol–water partition coefficient (Wildman–Crippen LogP) is 3.21. The van der Waals surface area contributed by atoms with E-state index < -0.39 is 17.6 Å². The molecule has 0 N–H and O–H groups in total. The summed E-state index contributed by atoms with van der Waals surface area (Å²) in [6, 6.07) is 11.4. The second-order valence-corrected chi connectivity index (χ2v) is 6.89. The van der Waals surface area contributed by atoms with Crippen molar-refractivity contribution in [1.82, 2.24) is 9.88 Å². The van der Waals surface area contributed by atoms with Crippen molar-refractivity contribution >= 4 is 17.6 Å². The summed E-state index contributed by atoms with van der Waals surface area (Å²) in [6.45, 7) is 4.39. The van der Waals surface area contributed by atoms with Crippen LogP contribution in [0.1, 0.15) is 63.0 Å². The van der Waals surface area contributed by atoms with Gasteiger partial charge in [-0.2, -0.15) is 5.26 Å². The Labute approximate surface area is 157 Å². The van der Waals surface area contributed by atoms with Crippen LogP contribution in [-0.2, 0) is 0 Å². The molecule has 27 heavy (non-hydrogen) atoms. The number of carbonyl (C=O) groups excluding carboxylic acids is 3. The van der Waals surface area contributed by atoms with E-state index in [1.807, 2.05) is 19.9 Å². The van der Waals surface area contributed by atoms with E-state index in [1.165, 1.54) is 29.3 Å². The Morgan fingerprint density at radius 3 is 2.52 bits per heavy atom. The SMILES string of the molecule is CC(C)CCN1C(=O)c2ccc(C(=O)[C@@H](C#N)c3ccccn3)cc2C1=O.